The van der Waals surface area contributed by atoms with E-state index in [1.165, 1.54) is 17.7 Å². The minimum absolute atomic E-state index is 0.272. The minimum atomic E-state index is -0.316. The van der Waals surface area contributed by atoms with Gasteiger partial charge in [0.2, 0.25) is 0 Å². The van der Waals surface area contributed by atoms with Crippen molar-refractivity contribution in [1.82, 2.24) is 0 Å². The molecule has 0 fully saturated rings. The van der Waals surface area contributed by atoms with E-state index < -0.39 is 0 Å². The highest BCUT2D eigenvalue weighted by molar-refractivity contribution is 6.25. The van der Waals surface area contributed by atoms with Crippen molar-refractivity contribution in [2.45, 2.75) is 19.9 Å². The van der Waals surface area contributed by atoms with Crippen LogP contribution in [0.3, 0.4) is 0 Å². The van der Waals surface area contributed by atoms with Crippen LogP contribution in [0.25, 0.3) is 0 Å². The van der Waals surface area contributed by atoms with Gasteiger partial charge < -0.3 is 10.5 Å². The molecule has 88 valence electrons. The van der Waals surface area contributed by atoms with Gasteiger partial charge in [-0.1, -0.05) is 11.6 Å². The van der Waals surface area contributed by atoms with Crippen molar-refractivity contribution in [2.24, 2.45) is 5.73 Å². The predicted octanol–water partition coefficient (Wildman–Crippen LogP) is 3.37. The Kier molecular flexibility index (Phi) is 4.77. The van der Waals surface area contributed by atoms with Crippen molar-refractivity contribution >= 4 is 11.6 Å². The highest BCUT2D eigenvalue weighted by Gasteiger charge is 2.09. The molecule has 0 aliphatic heterocycles. The summed E-state index contributed by atoms with van der Waals surface area (Å²) in [6, 6.07) is 4.04. The lowest BCUT2D eigenvalue weighted by molar-refractivity contribution is 0.346. The average Bonchev–Trinajstić information content (AvgIpc) is 2.26. The largest absolute Gasteiger partial charge is 0.489 e. The van der Waals surface area contributed by atoms with Crippen molar-refractivity contribution in [3.8, 4) is 5.75 Å². The zero-order chi connectivity index (χ0) is 12.1. The van der Waals surface area contributed by atoms with Gasteiger partial charge in [0.25, 0.3) is 0 Å². The summed E-state index contributed by atoms with van der Waals surface area (Å²) in [6.07, 6.45) is 0. The molecule has 0 radical (unpaired) electrons. The molecule has 0 aliphatic rings. The Hall–Kier alpha value is -1.06. The number of hydrogen-bond donors (Lipinski definition) is 1. The van der Waals surface area contributed by atoms with Gasteiger partial charge in [-0.05, 0) is 37.6 Å². The van der Waals surface area contributed by atoms with E-state index >= 15 is 0 Å². The Morgan fingerprint density at radius 3 is 2.88 bits per heavy atom. The van der Waals surface area contributed by atoms with Crippen LogP contribution < -0.4 is 10.5 Å². The third kappa shape index (κ3) is 3.51. The zero-order valence-electron chi connectivity index (χ0n) is 9.34. The number of rotatable bonds is 4. The SMILES string of the molecule is C/C(=C\Cl)COc1ccc(F)cc1C(C)N. The van der Waals surface area contributed by atoms with E-state index in [1.807, 2.05) is 6.92 Å². The van der Waals surface area contributed by atoms with Crippen LogP contribution in [0.15, 0.2) is 29.3 Å². The lowest BCUT2D eigenvalue weighted by Crippen LogP contribution is -2.09. The summed E-state index contributed by atoms with van der Waals surface area (Å²) in [5.74, 6) is 0.276. The summed E-state index contributed by atoms with van der Waals surface area (Å²) in [4.78, 5) is 0. The van der Waals surface area contributed by atoms with Crippen LogP contribution in [0, 0.1) is 5.82 Å². The van der Waals surface area contributed by atoms with Crippen molar-refractivity contribution in [3.63, 3.8) is 0 Å². The van der Waals surface area contributed by atoms with E-state index in [0.717, 1.165) is 5.57 Å². The Balaban J connectivity index is 2.87. The molecule has 1 aromatic rings. The first kappa shape index (κ1) is 13.0. The van der Waals surface area contributed by atoms with Crippen LogP contribution in [-0.4, -0.2) is 6.61 Å². The lowest BCUT2D eigenvalue weighted by atomic mass is 10.1. The van der Waals surface area contributed by atoms with Gasteiger partial charge in [0.15, 0.2) is 0 Å². The van der Waals surface area contributed by atoms with E-state index in [1.54, 1.807) is 13.0 Å². The molecule has 0 amide bonds. The molecular weight excluding hydrogens is 229 g/mol. The summed E-state index contributed by atoms with van der Waals surface area (Å²) < 4.78 is 18.5. The van der Waals surface area contributed by atoms with Gasteiger partial charge in [-0.25, -0.2) is 4.39 Å². The van der Waals surface area contributed by atoms with Crippen molar-refractivity contribution < 1.29 is 9.13 Å². The molecule has 2 N–H and O–H groups in total. The smallest absolute Gasteiger partial charge is 0.124 e. The van der Waals surface area contributed by atoms with Crippen LogP contribution >= 0.6 is 11.6 Å². The molecule has 0 bridgehead atoms. The standard InChI is InChI=1S/C12H15ClFNO/c1-8(6-13)7-16-12-4-3-10(14)5-11(12)9(2)15/h3-6,9H,7,15H2,1-2H3/b8-6+. The molecule has 1 unspecified atom stereocenters. The highest BCUT2D eigenvalue weighted by Crippen LogP contribution is 2.25. The molecule has 2 nitrogen and oxygen atoms in total. The maximum atomic E-state index is 13.0. The van der Waals surface area contributed by atoms with E-state index in [2.05, 4.69) is 0 Å². The van der Waals surface area contributed by atoms with Crippen molar-refractivity contribution in [3.05, 3.63) is 40.7 Å². The summed E-state index contributed by atoms with van der Waals surface area (Å²) in [7, 11) is 0. The average molecular weight is 244 g/mol. The van der Waals surface area contributed by atoms with Crippen LogP contribution in [0.5, 0.6) is 5.75 Å². The lowest BCUT2D eigenvalue weighted by Gasteiger charge is -2.14. The quantitative estimate of drug-likeness (QED) is 0.880. The van der Waals surface area contributed by atoms with Gasteiger partial charge in [0, 0.05) is 17.1 Å². The molecule has 0 saturated carbocycles. The third-order valence-electron chi connectivity index (χ3n) is 2.10. The van der Waals surface area contributed by atoms with Crippen LogP contribution in [0.1, 0.15) is 25.5 Å². The molecule has 0 aromatic heterocycles. The Morgan fingerprint density at radius 1 is 1.62 bits per heavy atom. The first-order valence-corrected chi connectivity index (χ1v) is 5.42. The zero-order valence-corrected chi connectivity index (χ0v) is 10.1. The monoisotopic (exact) mass is 243 g/mol. The topological polar surface area (TPSA) is 35.2 Å². The van der Waals surface area contributed by atoms with Gasteiger partial charge >= 0.3 is 0 Å². The molecule has 1 atom stereocenters. The van der Waals surface area contributed by atoms with E-state index in [-0.39, 0.29) is 11.9 Å². The molecule has 0 heterocycles. The molecule has 16 heavy (non-hydrogen) atoms. The fourth-order valence-electron chi connectivity index (χ4n) is 1.23. The number of benzene rings is 1. The fraction of sp³-hybridized carbons (Fsp3) is 0.333. The van der Waals surface area contributed by atoms with Crippen molar-refractivity contribution in [2.75, 3.05) is 6.61 Å². The van der Waals surface area contributed by atoms with Crippen molar-refractivity contribution in [1.29, 1.82) is 0 Å². The summed E-state index contributed by atoms with van der Waals surface area (Å²) in [6.45, 7) is 4.00. The van der Waals surface area contributed by atoms with E-state index in [4.69, 9.17) is 22.1 Å². The molecule has 4 heteroatoms. The second-order valence-corrected chi connectivity index (χ2v) is 3.93. The molecule has 1 aromatic carbocycles. The Labute approximate surface area is 99.9 Å². The first-order chi connectivity index (χ1) is 7.54. The first-order valence-electron chi connectivity index (χ1n) is 4.98. The van der Waals surface area contributed by atoms with Gasteiger partial charge in [-0.2, -0.15) is 0 Å². The molecule has 0 aliphatic carbocycles. The number of halogens is 2. The van der Waals surface area contributed by atoms with Crippen LogP contribution in [-0.2, 0) is 0 Å². The molecule has 0 saturated heterocycles. The Morgan fingerprint density at radius 2 is 2.31 bits per heavy atom. The second-order valence-electron chi connectivity index (χ2n) is 3.71. The van der Waals surface area contributed by atoms with Gasteiger partial charge in [0.05, 0.1) is 0 Å². The second kappa shape index (κ2) is 5.87. The minimum Gasteiger partial charge on any atom is -0.489 e. The summed E-state index contributed by atoms with van der Waals surface area (Å²) >= 11 is 5.52. The molecule has 0 spiro atoms. The maximum absolute atomic E-state index is 13.0. The molecule has 1 rings (SSSR count). The highest BCUT2D eigenvalue weighted by atomic mass is 35.5. The van der Waals surface area contributed by atoms with Crippen LogP contribution in [0.4, 0.5) is 4.39 Å². The fourth-order valence-corrected chi connectivity index (χ4v) is 1.29. The predicted molar refractivity (Wildman–Crippen MR) is 64.1 cm³/mol. The third-order valence-corrected chi connectivity index (χ3v) is 2.48. The summed E-state index contributed by atoms with van der Waals surface area (Å²) in [5, 5.41) is 0. The van der Waals surface area contributed by atoms with E-state index in [9.17, 15) is 4.39 Å². The number of ether oxygens (including phenoxy) is 1. The number of hydrogen-bond acceptors (Lipinski definition) is 2. The Bertz CT molecular complexity index is 391. The van der Waals surface area contributed by atoms with E-state index in [0.29, 0.717) is 17.9 Å². The maximum Gasteiger partial charge on any atom is 0.124 e. The van der Waals surface area contributed by atoms with Gasteiger partial charge in [-0.3, -0.25) is 0 Å². The summed E-state index contributed by atoms with van der Waals surface area (Å²) in [5.41, 5.74) is 8.73. The van der Waals surface area contributed by atoms with Gasteiger partial charge in [-0.15, -0.1) is 0 Å². The van der Waals surface area contributed by atoms with Crippen LogP contribution in [0.2, 0.25) is 0 Å². The van der Waals surface area contributed by atoms with Gasteiger partial charge in [0.1, 0.15) is 18.2 Å². The number of nitrogens with two attached hydrogens (primary N) is 1. The normalized spacial score (nSPS) is 13.7. The molecular formula is C12H15ClFNO.